The Bertz CT molecular complexity index is 531. The molecule has 6 nitrogen and oxygen atoms in total. The van der Waals surface area contributed by atoms with E-state index in [9.17, 15) is 14.4 Å². The lowest BCUT2D eigenvalue weighted by molar-refractivity contribution is -0.124. The number of nitrogens with one attached hydrogen (secondary N) is 2. The fraction of sp³-hybridized carbons (Fsp3) is 0.308. The molecule has 1 fully saturated rings. The summed E-state index contributed by atoms with van der Waals surface area (Å²) in [6.07, 6.45) is 0. The molecule has 1 aromatic rings. The van der Waals surface area contributed by atoms with Crippen molar-refractivity contribution in [3.8, 4) is 0 Å². The van der Waals surface area contributed by atoms with Gasteiger partial charge in [-0.05, 0) is 24.6 Å². The molecule has 4 amide bonds. The Morgan fingerprint density at radius 1 is 1.40 bits per heavy atom. The molecule has 106 valence electrons. The molecule has 7 heteroatoms. The number of benzene rings is 1. The van der Waals surface area contributed by atoms with Crippen LogP contribution in [0.1, 0.15) is 5.56 Å². The molecule has 1 saturated heterocycles. The normalized spacial score (nSPS) is 14.6. The Hall–Kier alpha value is -2.02. The first-order valence-corrected chi connectivity index (χ1v) is 7.13. The smallest absolute Gasteiger partial charge is 0.319 e. The van der Waals surface area contributed by atoms with Crippen LogP contribution < -0.4 is 10.6 Å². The third-order valence-corrected chi connectivity index (χ3v) is 3.60. The summed E-state index contributed by atoms with van der Waals surface area (Å²) in [5.74, 6) is -0.0187. The summed E-state index contributed by atoms with van der Waals surface area (Å²) in [5.41, 5.74) is 1.75. The van der Waals surface area contributed by atoms with Crippen LogP contribution in [0.5, 0.6) is 0 Å². The number of hydrogen-bond acceptors (Lipinski definition) is 4. The molecule has 2 N–H and O–H groups in total. The number of rotatable bonds is 4. The third kappa shape index (κ3) is 3.74. The molecule has 1 aliphatic heterocycles. The van der Waals surface area contributed by atoms with Gasteiger partial charge in [0.2, 0.25) is 5.91 Å². The summed E-state index contributed by atoms with van der Waals surface area (Å²) in [5, 5.41) is 5.05. The Morgan fingerprint density at radius 3 is 2.85 bits per heavy atom. The van der Waals surface area contributed by atoms with E-state index in [1.165, 1.54) is 0 Å². The molecule has 1 heterocycles. The molecule has 1 aliphatic rings. The first kappa shape index (κ1) is 14.4. The molecule has 0 atom stereocenters. The van der Waals surface area contributed by atoms with Crippen molar-refractivity contribution in [3.05, 3.63) is 29.8 Å². The Morgan fingerprint density at radius 2 is 2.20 bits per heavy atom. The predicted molar refractivity (Wildman–Crippen MR) is 77.8 cm³/mol. The first-order chi connectivity index (χ1) is 9.56. The van der Waals surface area contributed by atoms with Crippen LogP contribution in [0.3, 0.4) is 0 Å². The van der Waals surface area contributed by atoms with Crippen molar-refractivity contribution in [1.82, 2.24) is 10.2 Å². The lowest BCUT2D eigenvalue weighted by atomic mass is 10.2. The van der Waals surface area contributed by atoms with Gasteiger partial charge in [-0.3, -0.25) is 14.5 Å². The second-order valence-electron chi connectivity index (χ2n) is 4.35. The number of carbonyl (C=O) groups is 3. The van der Waals surface area contributed by atoms with Crippen molar-refractivity contribution >= 4 is 34.6 Å². The van der Waals surface area contributed by atoms with E-state index in [0.29, 0.717) is 5.69 Å². The molecule has 0 spiro atoms. The van der Waals surface area contributed by atoms with Gasteiger partial charge in [-0.2, -0.15) is 0 Å². The van der Waals surface area contributed by atoms with Crippen LogP contribution in [0.15, 0.2) is 24.3 Å². The zero-order chi connectivity index (χ0) is 14.5. The van der Waals surface area contributed by atoms with Crippen molar-refractivity contribution in [1.29, 1.82) is 0 Å². The molecule has 0 aromatic heterocycles. The standard InChI is InChI=1S/C13H15N3O3S/c1-9-3-2-4-10(7-9)15-12(18)14-5-6-16-11(17)8-20-13(16)19/h2-4,7H,5-6,8H2,1H3,(H2,14,15,18). The molecule has 0 aliphatic carbocycles. The van der Waals surface area contributed by atoms with Crippen molar-refractivity contribution in [2.45, 2.75) is 6.92 Å². The molecule has 0 bridgehead atoms. The number of carbonyl (C=O) groups excluding carboxylic acids is 3. The van der Waals surface area contributed by atoms with Crippen molar-refractivity contribution in [3.63, 3.8) is 0 Å². The van der Waals surface area contributed by atoms with Crippen LogP contribution in [0.25, 0.3) is 0 Å². The highest BCUT2D eigenvalue weighted by Gasteiger charge is 2.29. The Balaban J connectivity index is 1.75. The van der Waals surface area contributed by atoms with E-state index in [0.717, 1.165) is 22.2 Å². The second kappa shape index (κ2) is 6.42. The average molecular weight is 293 g/mol. The number of imide groups is 1. The number of hydrogen-bond donors (Lipinski definition) is 2. The summed E-state index contributed by atoms with van der Waals surface area (Å²) in [6.45, 7) is 2.37. The topological polar surface area (TPSA) is 78.5 Å². The van der Waals surface area contributed by atoms with Gasteiger partial charge in [-0.15, -0.1) is 0 Å². The summed E-state index contributed by atoms with van der Waals surface area (Å²) in [7, 11) is 0. The molecule has 0 radical (unpaired) electrons. The minimum absolute atomic E-state index is 0.189. The maximum atomic E-state index is 11.6. The fourth-order valence-corrected chi connectivity index (χ4v) is 2.53. The second-order valence-corrected chi connectivity index (χ2v) is 5.28. The number of thioether (sulfide) groups is 1. The number of nitrogens with zero attached hydrogens (tertiary/aromatic N) is 1. The van der Waals surface area contributed by atoms with Gasteiger partial charge >= 0.3 is 6.03 Å². The van der Waals surface area contributed by atoms with E-state index in [-0.39, 0.29) is 36.0 Å². The molecular weight excluding hydrogens is 278 g/mol. The summed E-state index contributed by atoms with van der Waals surface area (Å²) in [6, 6.07) is 7.07. The van der Waals surface area contributed by atoms with Gasteiger partial charge < -0.3 is 10.6 Å². The zero-order valence-corrected chi connectivity index (χ0v) is 11.8. The van der Waals surface area contributed by atoms with Crippen molar-refractivity contribution in [2.75, 3.05) is 24.2 Å². The van der Waals surface area contributed by atoms with Crippen LogP contribution in [0, 0.1) is 6.92 Å². The van der Waals surface area contributed by atoms with Gasteiger partial charge in [0.1, 0.15) is 0 Å². The minimum Gasteiger partial charge on any atom is -0.336 e. The van der Waals surface area contributed by atoms with Crippen LogP contribution in [0.4, 0.5) is 15.3 Å². The molecule has 1 aromatic carbocycles. The van der Waals surface area contributed by atoms with E-state index in [1.807, 2.05) is 25.1 Å². The predicted octanol–water partition coefficient (Wildman–Crippen LogP) is 1.81. The number of urea groups is 1. The van der Waals surface area contributed by atoms with Gasteiger partial charge in [0.15, 0.2) is 0 Å². The highest BCUT2D eigenvalue weighted by atomic mass is 32.2. The van der Waals surface area contributed by atoms with E-state index in [2.05, 4.69) is 10.6 Å². The molecule has 0 unspecified atom stereocenters. The van der Waals surface area contributed by atoms with Crippen LogP contribution in [-0.4, -0.2) is 40.9 Å². The van der Waals surface area contributed by atoms with Crippen molar-refractivity contribution < 1.29 is 14.4 Å². The fourth-order valence-electron chi connectivity index (χ4n) is 1.78. The summed E-state index contributed by atoms with van der Waals surface area (Å²) in [4.78, 5) is 35.5. The number of amides is 4. The SMILES string of the molecule is Cc1cccc(NC(=O)NCCN2C(=O)CSC2=O)c1. The van der Waals surface area contributed by atoms with Crippen LogP contribution >= 0.6 is 11.8 Å². The van der Waals surface area contributed by atoms with E-state index in [4.69, 9.17) is 0 Å². The lowest BCUT2D eigenvalue weighted by Crippen LogP contribution is -2.39. The third-order valence-electron chi connectivity index (χ3n) is 2.74. The van der Waals surface area contributed by atoms with Gasteiger partial charge in [-0.1, -0.05) is 23.9 Å². The molecule has 20 heavy (non-hydrogen) atoms. The first-order valence-electron chi connectivity index (χ1n) is 6.15. The Labute approximate surface area is 120 Å². The monoisotopic (exact) mass is 293 g/mol. The molecular formula is C13H15N3O3S. The number of aryl methyl sites for hydroxylation is 1. The molecule has 0 saturated carbocycles. The van der Waals surface area contributed by atoms with Crippen LogP contribution in [-0.2, 0) is 4.79 Å². The quantitative estimate of drug-likeness (QED) is 0.887. The van der Waals surface area contributed by atoms with Gasteiger partial charge in [0, 0.05) is 18.8 Å². The zero-order valence-electron chi connectivity index (χ0n) is 11.0. The highest BCUT2D eigenvalue weighted by molar-refractivity contribution is 8.14. The summed E-state index contributed by atoms with van der Waals surface area (Å²) >= 11 is 0.986. The largest absolute Gasteiger partial charge is 0.336 e. The highest BCUT2D eigenvalue weighted by Crippen LogP contribution is 2.17. The summed E-state index contributed by atoms with van der Waals surface area (Å²) < 4.78 is 0. The van der Waals surface area contributed by atoms with E-state index >= 15 is 0 Å². The van der Waals surface area contributed by atoms with Gasteiger partial charge in [0.05, 0.1) is 5.75 Å². The maximum Gasteiger partial charge on any atom is 0.319 e. The minimum atomic E-state index is -0.359. The van der Waals surface area contributed by atoms with Crippen LogP contribution in [0.2, 0.25) is 0 Å². The van der Waals surface area contributed by atoms with E-state index < -0.39 is 0 Å². The average Bonchev–Trinajstić information content (AvgIpc) is 2.70. The lowest BCUT2D eigenvalue weighted by Gasteiger charge is -2.13. The van der Waals surface area contributed by atoms with Gasteiger partial charge in [0.25, 0.3) is 5.24 Å². The Kier molecular flexibility index (Phi) is 4.62. The molecule has 2 rings (SSSR count). The van der Waals surface area contributed by atoms with Crippen molar-refractivity contribution in [2.24, 2.45) is 0 Å². The van der Waals surface area contributed by atoms with E-state index in [1.54, 1.807) is 6.07 Å². The number of anilines is 1. The van der Waals surface area contributed by atoms with Gasteiger partial charge in [-0.25, -0.2) is 4.79 Å². The maximum absolute atomic E-state index is 11.6.